The molecule has 1 heterocycles. The van der Waals surface area contributed by atoms with Gasteiger partial charge in [0.2, 0.25) is 0 Å². The molecule has 4 atom stereocenters. The molecule has 0 unspecified atom stereocenters. The number of amides is 1. The smallest absolute Gasteiger partial charge is 0.254 e. The fourth-order valence-corrected chi connectivity index (χ4v) is 8.36. The Morgan fingerprint density at radius 2 is 1.75 bits per heavy atom. The van der Waals surface area contributed by atoms with Crippen molar-refractivity contribution in [2.45, 2.75) is 98.6 Å². The van der Waals surface area contributed by atoms with Crippen LogP contribution in [0.4, 0.5) is 0 Å². The Balaban J connectivity index is 1.16. The lowest BCUT2D eigenvalue weighted by atomic mass is 9.85. The van der Waals surface area contributed by atoms with Crippen LogP contribution in [-0.4, -0.2) is 118 Å². The van der Waals surface area contributed by atoms with Crippen LogP contribution in [0, 0.1) is 0 Å². The van der Waals surface area contributed by atoms with Crippen molar-refractivity contribution in [1.29, 1.82) is 0 Å². The van der Waals surface area contributed by atoms with E-state index in [1.54, 1.807) is 11.8 Å². The second kappa shape index (κ2) is 18.7. The number of hydrogen-bond donors (Lipinski definition) is 5. The molecule has 290 valence electrons. The maximum Gasteiger partial charge on any atom is 0.254 e. The number of ether oxygens (including phenoxy) is 1. The third-order valence-electron chi connectivity index (χ3n) is 9.98. The maximum atomic E-state index is 13.1. The second-order valence-electron chi connectivity index (χ2n) is 14.3. The molecular weight excluding hydrogens is 740 g/mol. The van der Waals surface area contributed by atoms with Gasteiger partial charge in [-0.1, -0.05) is 29.8 Å². The Morgan fingerprint density at radius 3 is 2.45 bits per heavy atom. The van der Waals surface area contributed by atoms with E-state index in [9.17, 15) is 33.6 Å². The molecule has 0 spiro atoms. The van der Waals surface area contributed by atoms with Gasteiger partial charge in [-0.05, 0) is 116 Å². The number of halogens is 1. The molecule has 1 amide bonds. The Kier molecular flexibility index (Phi) is 14.6. The first-order valence-corrected chi connectivity index (χ1v) is 21.7. The van der Waals surface area contributed by atoms with Crippen LogP contribution in [0.1, 0.15) is 62.5 Å². The molecule has 0 radical (unpaired) electrons. The minimum atomic E-state index is -3.29. The molecule has 2 aliphatic rings. The zero-order valence-corrected chi connectivity index (χ0v) is 32.4. The normalized spacial score (nSPS) is 17.5. The van der Waals surface area contributed by atoms with Gasteiger partial charge in [0.1, 0.15) is 33.9 Å². The van der Waals surface area contributed by atoms with E-state index in [-0.39, 0.29) is 30.7 Å². The summed E-state index contributed by atoms with van der Waals surface area (Å²) in [6, 6.07) is 16.4. The van der Waals surface area contributed by atoms with Crippen LogP contribution in [-0.2, 0) is 26.5 Å². The number of nitrogens with zero attached hydrogens (tertiary/aromatic N) is 2. The minimum absolute atomic E-state index is 0.0187. The summed E-state index contributed by atoms with van der Waals surface area (Å²) < 4.78 is 29.6. The number of carbonyl (C=O) groups is 1. The molecule has 11 nitrogen and oxygen atoms in total. The quantitative estimate of drug-likeness (QED) is 0.0729. The number of carbonyl (C=O) groups excluding carboxylic acids is 1. The number of aliphatic hydroxyl groups excluding tert-OH is 5. The first-order chi connectivity index (χ1) is 25.3. The monoisotopic (exact) mass is 790 g/mol. The molecule has 0 bridgehead atoms. The third kappa shape index (κ3) is 11.6. The van der Waals surface area contributed by atoms with Gasteiger partial charge in [0.15, 0.2) is 6.10 Å². The van der Waals surface area contributed by atoms with Gasteiger partial charge in [-0.25, -0.2) is 8.42 Å². The largest absolute Gasteiger partial charge is 0.490 e. The van der Waals surface area contributed by atoms with Crippen molar-refractivity contribution in [3.05, 3.63) is 77.1 Å². The van der Waals surface area contributed by atoms with Crippen LogP contribution < -0.4 is 4.74 Å². The standard InChI is InChI=1S/C39H51ClN2O9S2/c1-53(49,50)22-6-20-42(38(48)37(47)36(46)35(45)33(44)25-43)19-4-5-21-52-28-11-12-32(40)26(23-28)13-15-39(16-17-39)31-24-41-18-14-29(31)30-7-2-3-8-34(30)51-27-9-10-27/h2-3,7-8,11-12,14,18,23-24,27,33,35-37,43-47H,4-6,9-10,13,15-17,19-22,25H2,1H3/t33-,35+,36-,37-/m0/s1. The van der Waals surface area contributed by atoms with Crippen LogP contribution in [0.5, 0.6) is 5.75 Å². The molecule has 2 aromatic carbocycles. The molecule has 2 aliphatic carbocycles. The maximum absolute atomic E-state index is 13.1. The number of pyridine rings is 1. The van der Waals surface area contributed by atoms with E-state index in [0.717, 1.165) is 77.3 Å². The van der Waals surface area contributed by atoms with E-state index in [4.69, 9.17) is 21.4 Å². The van der Waals surface area contributed by atoms with Gasteiger partial charge in [0, 0.05) is 47.2 Å². The van der Waals surface area contributed by atoms with Crippen molar-refractivity contribution in [1.82, 2.24) is 9.88 Å². The van der Waals surface area contributed by atoms with Gasteiger partial charge in [0.25, 0.3) is 5.91 Å². The number of aromatic nitrogens is 1. The fraction of sp³-hybridized carbons (Fsp3) is 0.538. The number of para-hydroxylation sites is 1. The van der Waals surface area contributed by atoms with Crippen molar-refractivity contribution >= 4 is 39.1 Å². The van der Waals surface area contributed by atoms with Gasteiger partial charge in [-0.3, -0.25) is 9.78 Å². The topological polar surface area (TPSA) is 178 Å². The number of unbranched alkanes of at least 4 members (excludes halogenated alkanes) is 1. The summed E-state index contributed by atoms with van der Waals surface area (Å²) in [5.41, 5.74) is 4.62. The Hall–Kier alpha value is -2.75. The molecule has 2 saturated carbocycles. The average molecular weight is 791 g/mol. The molecular formula is C39H51ClN2O9S2. The predicted octanol–water partition coefficient (Wildman–Crippen LogP) is 4.18. The van der Waals surface area contributed by atoms with Crippen LogP contribution in [0.15, 0.2) is 65.8 Å². The average Bonchev–Trinajstić information content (AvgIpc) is 4.10. The van der Waals surface area contributed by atoms with Crippen LogP contribution in [0.25, 0.3) is 11.1 Å². The summed E-state index contributed by atoms with van der Waals surface area (Å²) in [6.45, 7) is -0.666. The molecule has 1 aromatic heterocycles. The van der Waals surface area contributed by atoms with Crippen molar-refractivity contribution in [3.63, 3.8) is 0 Å². The Bertz CT molecular complexity index is 1790. The highest BCUT2D eigenvalue weighted by Crippen LogP contribution is 2.55. The van der Waals surface area contributed by atoms with E-state index < -0.39 is 46.8 Å². The summed E-state index contributed by atoms with van der Waals surface area (Å²) in [5, 5.41) is 50.1. The molecule has 5 N–H and O–H groups in total. The van der Waals surface area contributed by atoms with E-state index >= 15 is 0 Å². The van der Waals surface area contributed by atoms with Crippen LogP contribution >= 0.6 is 23.4 Å². The highest BCUT2D eigenvalue weighted by Gasteiger charge is 2.45. The second-order valence-corrected chi connectivity index (χ2v) is 18.1. The molecule has 3 aromatic rings. The number of hydrogen-bond acceptors (Lipinski definition) is 11. The minimum Gasteiger partial charge on any atom is -0.490 e. The summed E-state index contributed by atoms with van der Waals surface area (Å²) in [7, 11) is -3.29. The van der Waals surface area contributed by atoms with E-state index in [1.165, 1.54) is 16.0 Å². The Morgan fingerprint density at radius 1 is 1.02 bits per heavy atom. The van der Waals surface area contributed by atoms with E-state index in [0.29, 0.717) is 18.9 Å². The van der Waals surface area contributed by atoms with Crippen molar-refractivity contribution in [2.24, 2.45) is 0 Å². The molecule has 53 heavy (non-hydrogen) atoms. The van der Waals surface area contributed by atoms with Crippen LogP contribution in [0.2, 0.25) is 5.02 Å². The van der Waals surface area contributed by atoms with Gasteiger partial charge in [-0.15, -0.1) is 11.8 Å². The zero-order valence-electron chi connectivity index (χ0n) is 30.0. The van der Waals surface area contributed by atoms with Crippen molar-refractivity contribution in [2.75, 3.05) is 37.5 Å². The highest BCUT2D eigenvalue weighted by atomic mass is 35.5. The first-order valence-electron chi connectivity index (χ1n) is 18.2. The number of rotatable bonds is 22. The number of sulfone groups is 1. The lowest BCUT2D eigenvalue weighted by molar-refractivity contribution is -0.158. The number of aliphatic hydroxyl groups is 5. The first kappa shape index (κ1) is 41.4. The fourth-order valence-electron chi connectivity index (χ4n) is 6.52. The molecule has 5 rings (SSSR count). The van der Waals surface area contributed by atoms with E-state index in [1.807, 2.05) is 30.6 Å². The molecule has 0 saturated heterocycles. The van der Waals surface area contributed by atoms with E-state index in [2.05, 4.69) is 35.3 Å². The van der Waals surface area contributed by atoms with Crippen molar-refractivity contribution < 1.29 is 43.5 Å². The highest BCUT2D eigenvalue weighted by molar-refractivity contribution is 7.99. The summed E-state index contributed by atoms with van der Waals surface area (Å²) in [5.74, 6) is 0.588. The third-order valence-corrected chi connectivity index (χ3v) is 12.5. The number of thioether (sulfide) groups is 1. The van der Waals surface area contributed by atoms with Crippen LogP contribution in [0.3, 0.4) is 0 Å². The summed E-state index contributed by atoms with van der Waals surface area (Å²) >= 11 is 8.37. The molecule has 14 heteroatoms. The molecule has 2 fully saturated rings. The van der Waals surface area contributed by atoms with Gasteiger partial charge in [0.05, 0.1) is 18.5 Å². The number of benzene rings is 2. The summed E-state index contributed by atoms with van der Waals surface area (Å²) in [6.07, 6.45) is 4.91. The lowest BCUT2D eigenvalue weighted by Gasteiger charge is -2.30. The summed E-state index contributed by atoms with van der Waals surface area (Å²) in [4.78, 5) is 19.9. The van der Waals surface area contributed by atoms with Gasteiger partial charge in [-0.2, -0.15) is 0 Å². The number of aryl methyl sites for hydroxylation is 1. The van der Waals surface area contributed by atoms with Gasteiger partial charge >= 0.3 is 0 Å². The van der Waals surface area contributed by atoms with Crippen molar-refractivity contribution in [3.8, 4) is 16.9 Å². The Labute approximate surface area is 321 Å². The SMILES string of the molecule is CS(=O)(=O)CCCN(CCCCSc1ccc(Cl)c(CCC2(c3cnccc3-c3ccccc3OC3CC3)CC2)c1)C(=O)[C@@H](O)[C@@H](O)[C@H](O)[C@@H](O)CO. The lowest BCUT2D eigenvalue weighted by Crippen LogP contribution is -2.53. The predicted molar refractivity (Wildman–Crippen MR) is 206 cm³/mol. The zero-order chi connectivity index (χ0) is 38.2. The van der Waals surface area contributed by atoms with Gasteiger partial charge < -0.3 is 35.2 Å². The molecule has 0 aliphatic heterocycles.